The van der Waals surface area contributed by atoms with Gasteiger partial charge in [0, 0.05) is 17.9 Å². The van der Waals surface area contributed by atoms with Gasteiger partial charge in [-0.25, -0.2) is 5.43 Å². The van der Waals surface area contributed by atoms with Crippen LogP contribution in [0.1, 0.15) is 43.3 Å². The lowest BCUT2D eigenvalue weighted by atomic mass is 10.1. The molecule has 0 fully saturated rings. The average molecular weight is 318 g/mol. The number of amides is 1. The van der Waals surface area contributed by atoms with Crippen LogP contribution in [0.2, 0.25) is 0 Å². The van der Waals surface area contributed by atoms with Crippen LogP contribution in [0, 0.1) is 13.8 Å². The number of H-pyrrole nitrogens is 1. The maximum absolute atomic E-state index is 11.9. The van der Waals surface area contributed by atoms with Crippen LogP contribution in [0.15, 0.2) is 10.7 Å². The highest BCUT2D eigenvalue weighted by Crippen LogP contribution is 2.23. The van der Waals surface area contributed by atoms with Gasteiger partial charge in [0.15, 0.2) is 0 Å². The number of ether oxygens (including phenoxy) is 1. The third kappa shape index (κ3) is 3.64. The Bertz CT molecular complexity index is 639. The molecule has 0 aromatic carbocycles. The Labute approximate surface area is 137 Å². The van der Waals surface area contributed by atoms with Crippen LogP contribution in [0.5, 0.6) is 0 Å². The fraction of sp³-hybridized carbons (Fsp3) is 0.529. The number of aryl methyl sites for hydroxylation is 1. The van der Waals surface area contributed by atoms with Gasteiger partial charge >= 0.3 is 0 Å². The van der Waals surface area contributed by atoms with E-state index in [1.807, 2.05) is 13.0 Å². The highest BCUT2D eigenvalue weighted by molar-refractivity contribution is 6.24. The number of aromatic nitrogens is 1. The van der Waals surface area contributed by atoms with E-state index in [1.54, 1.807) is 0 Å². The van der Waals surface area contributed by atoms with E-state index >= 15 is 0 Å². The van der Waals surface area contributed by atoms with Crippen LogP contribution in [-0.4, -0.2) is 41.4 Å². The first-order chi connectivity index (χ1) is 11.0. The molecular formula is C17H26N4O2. The van der Waals surface area contributed by atoms with Crippen LogP contribution >= 0.6 is 0 Å². The quantitative estimate of drug-likeness (QED) is 0.791. The first-order valence-electron chi connectivity index (χ1n) is 8.15. The zero-order valence-corrected chi connectivity index (χ0v) is 14.6. The maximum atomic E-state index is 11.9. The Balaban J connectivity index is 2.32. The monoisotopic (exact) mass is 318 g/mol. The second-order valence-electron chi connectivity index (χ2n) is 5.58. The molecule has 0 radical (unpaired) electrons. The second-order valence-corrected chi connectivity index (χ2v) is 5.58. The van der Waals surface area contributed by atoms with Crippen LogP contribution < -0.4 is 5.43 Å². The van der Waals surface area contributed by atoms with Crippen molar-refractivity contribution in [1.29, 1.82) is 0 Å². The van der Waals surface area contributed by atoms with Crippen LogP contribution in [0.3, 0.4) is 0 Å². The van der Waals surface area contributed by atoms with E-state index in [0.29, 0.717) is 18.1 Å². The van der Waals surface area contributed by atoms with E-state index < -0.39 is 0 Å². The van der Waals surface area contributed by atoms with E-state index in [9.17, 15) is 4.79 Å². The molecule has 126 valence electrons. The smallest absolute Gasteiger partial charge is 0.277 e. The molecule has 0 spiro atoms. The summed E-state index contributed by atoms with van der Waals surface area (Å²) < 4.78 is 5.41. The molecule has 0 aliphatic carbocycles. The van der Waals surface area contributed by atoms with Gasteiger partial charge in [-0.2, -0.15) is 0 Å². The normalized spacial score (nSPS) is 16.2. The molecule has 0 saturated heterocycles. The summed E-state index contributed by atoms with van der Waals surface area (Å²) in [6.07, 6.45) is 1.82. The standard InChI is InChI=1S/C17H26N4O2/c1-6-21(7-2)10-14-11(4)15(18-12(14)5)9-13-16(22)19-20-17(13)23-8-3/h9,18H,6-8,10H2,1-5H3,(H,19,22)/b13-9-. The lowest BCUT2D eigenvalue weighted by Crippen LogP contribution is -2.22. The summed E-state index contributed by atoms with van der Waals surface area (Å²) in [4.78, 5) is 17.7. The summed E-state index contributed by atoms with van der Waals surface area (Å²) >= 11 is 0. The number of carbonyl (C=O) groups excluding carboxylic acids is 1. The van der Waals surface area contributed by atoms with Gasteiger partial charge in [0.2, 0.25) is 5.90 Å². The highest BCUT2D eigenvalue weighted by atomic mass is 16.5. The van der Waals surface area contributed by atoms with Gasteiger partial charge in [0.1, 0.15) is 5.57 Å². The molecule has 1 aliphatic heterocycles. The lowest BCUT2D eigenvalue weighted by molar-refractivity contribution is -0.116. The van der Waals surface area contributed by atoms with Gasteiger partial charge in [-0.1, -0.05) is 13.8 Å². The first kappa shape index (κ1) is 17.3. The number of carbonyl (C=O) groups is 1. The van der Waals surface area contributed by atoms with E-state index in [-0.39, 0.29) is 5.91 Å². The SMILES string of the molecule is CCOC1=NNC(=O)/C1=C/c1[nH]c(C)c(CN(CC)CC)c1C. The zero-order valence-electron chi connectivity index (χ0n) is 14.6. The molecule has 1 amide bonds. The largest absolute Gasteiger partial charge is 0.476 e. The molecule has 0 bridgehead atoms. The van der Waals surface area contributed by atoms with E-state index in [4.69, 9.17) is 4.74 Å². The fourth-order valence-electron chi connectivity index (χ4n) is 2.70. The van der Waals surface area contributed by atoms with Crippen molar-refractivity contribution in [2.45, 2.75) is 41.2 Å². The molecule has 0 saturated carbocycles. The number of nitrogens with zero attached hydrogens (tertiary/aromatic N) is 2. The number of rotatable bonds is 6. The van der Waals surface area contributed by atoms with Crippen molar-refractivity contribution in [1.82, 2.24) is 15.3 Å². The molecule has 1 aromatic rings. The lowest BCUT2D eigenvalue weighted by Gasteiger charge is -2.18. The first-order valence-corrected chi connectivity index (χ1v) is 8.15. The molecule has 23 heavy (non-hydrogen) atoms. The average Bonchev–Trinajstić information content (AvgIpc) is 3.00. The topological polar surface area (TPSA) is 69.7 Å². The van der Waals surface area contributed by atoms with E-state index in [1.165, 1.54) is 5.56 Å². The van der Waals surface area contributed by atoms with Gasteiger partial charge in [0.05, 0.1) is 6.61 Å². The molecule has 6 heteroatoms. The Kier molecular flexibility index (Phi) is 5.60. The zero-order chi connectivity index (χ0) is 17.0. The molecule has 0 unspecified atom stereocenters. The van der Waals surface area contributed by atoms with E-state index in [2.05, 4.69) is 48.1 Å². The minimum atomic E-state index is -0.231. The van der Waals surface area contributed by atoms with Crippen LogP contribution in [0.25, 0.3) is 6.08 Å². The van der Waals surface area contributed by atoms with Gasteiger partial charge in [-0.15, -0.1) is 5.10 Å². The summed E-state index contributed by atoms with van der Waals surface area (Å²) in [6.45, 7) is 13.8. The van der Waals surface area contributed by atoms with Crippen molar-refractivity contribution >= 4 is 17.9 Å². The van der Waals surface area contributed by atoms with Crippen molar-refractivity contribution in [3.63, 3.8) is 0 Å². The fourth-order valence-corrected chi connectivity index (χ4v) is 2.70. The van der Waals surface area contributed by atoms with Crippen molar-refractivity contribution in [2.24, 2.45) is 5.10 Å². The third-order valence-electron chi connectivity index (χ3n) is 4.21. The molecule has 2 rings (SSSR count). The van der Waals surface area contributed by atoms with E-state index in [0.717, 1.165) is 36.6 Å². The Hall–Kier alpha value is -2.08. The number of nitrogens with one attached hydrogen (secondary N) is 2. The maximum Gasteiger partial charge on any atom is 0.277 e. The second kappa shape index (κ2) is 7.46. The molecular weight excluding hydrogens is 292 g/mol. The molecule has 2 N–H and O–H groups in total. The molecule has 0 atom stereocenters. The minimum absolute atomic E-state index is 0.231. The predicted molar refractivity (Wildman–Crippen MR) is 92.1 cm³/mol. The van der Waals surface area contributed by atoms with Gasteiger partial charge < -0.3 is 9.72 Å². The predicted octanol–water partition coefficient (Wildman–Crippen LogP) is 2.34. The van der Waals surface area contributed by atoms with Crippen molar-refractivity contribution < 1.29 is 9.53 Å². The summed E-state index contributed by atoms with van der Waals surface area (Å²) in [5.74, 6) is 0.125. The summed E-state index contributed by atoms with van der Waals surface area (Å²) in [5.41, 5.74) is 7.43. The number of hydrogen-bond acceptors (Lipinski definition) is 4. The molecule has 1 aromatic heterocycles. The van der Waals surface area contributed by atoms with Crippen molar-refractivity contribution in [2.75, 3.05) is 19.7 Å². The van der Waals surface area contributed by atoms with Crippen LogP contribution in [0.4, 0.5) is 0 Å². The minimum Gasteiger partial charge on any atom is -0.476 e. The molecule has 6 nitrogen and oxygen atoms in total. The summed E-state index contributed by atoms with van der Waals surface area (Å²) in [6, 6.07) is 0. The Morgan fingerprint density at radius 3 is 2.52 bits per heavy atom. The Morgan fingerprint density at radius 2 is 1.91 bits per heavy atom. The molecule has 1 aliphatic rings. The molecule has 2 heterocycles. The van der Waals surface area contributed by atoms with Crippen molar-refractivity contribution in [3.8, 4) is 0 Å². The third-order valence-corrected chi connectivity index (χ3v) is 4.21. The van der Waals surface area contributed by atoms with Gasteiger partial charge in [0.25, 0.3) is 5.91 Å². The number of aromatic amines is 1. The Morgan fingerprint density at radius 1 is 1.22 bits per heavy atom. The van der Waals surface area contributed by atoms with Crippen molar-refractivity contribution in [3.05, 3.63) is 28.1 Å². The summed E-state index contributed by atoms with van der Waals surface area (Å²) in [7, 11) is 0. The van der Waals surface area contributed by atoms with Crippen LogP contribution in [-0.2, 0) is 16.1 Å². The summed E-state index contributed by atoms with van der Waals surface area (Å²) in [5, 5.41) is 3.92. The highest BCUT2D eigenvalue weighted by Gasteiger charge is 2.25. The van der Waals surface area contributed by atoms with Gasteiger partial charge in [-0.3, -0.25) is 9.69 Å². The number of hydrogen-bond donors (Lipinski definition) is 2. The number of hydrazone groups is 1. The van der Waals surface area contributed by atoms with Gasteiger partial charge in [-0.05, 0) is 51.1 Å².